The van der Waals surface area contributed by atoms with Crippen molar-refractivity contribution in [3.8, 4) is 0 Å². The zero-order chi connectivity index (χ0) is 30.7. The van der Waals surface area contributed by atoms with E-state index in [1.165, 1.54) is 33.8 Å². The van der Waals surface area contributed by atoms with Gasteiger partial charge in [0.1, 0.15) is 5.39 Å². The van der Waals surface area contributed by atoms with Crippen LogP contribution in [0, 0.1) is 0 Å². The van der Waals surface area contributed by atoms with Crippen molar-refractivity contribution in [1.82, 2.24) is 29.2 Å². The number of fused-ring (bicyclic) bond motifs is 1. The molecule has 11 nitrogen and oxygen atoms in total. The summed E-state index contributed by atoms with van der Waals surface area (Å²) >= 11 is 0. The summed E-state index contributed by atoms with van der Waals surface area (Å²) in [6.07, 6.45) is 0.915. The van der Waals surface area contributed by atoms with E-state index >= 15 is 0 Å². The Morgan fingerprint density at radius 3 is 2.40 bits per heavy atom. The summed E-state index contributed by atoms with van der Waals surface area (Å²) in [6, 6.07) is 7.78. The second-order valence-corrected chi connectivity index (χ2v) is 10.3. The van der Waals surface area contributed by atoms with Crippen LogP contribution >= 0.6 is 0 Å². The number of aromatic nitrogens is 4. The van der Waals surface area contributed by atoms with Gasteiger partial charge in [-0.05, 0) is 58.2 Å². The number of rotatable bonds is 9. The number of carbonyl (C=O) groups is 1. The smallest absolute Gasteiger partial charge is 0.369 e. The Morgan fingerprint density at radius 2 is 1.83 bits per heavy atom. The lowest BCUT2D eigenvalue weighted by Gasteiger charge is -2.34. The van der Waals surface area contributed by atoms with Crippen molar-refractivity contribution >= 4 is 40.6 Å². The van der Waals surface area contributed by atoms with Gasteiger partial charge in [-0.3, -0.25) is 9.59 Å². The molecule has 0 atom stereocenters. The van der Waals surface area contributed by atoms with Crippen LogP contribution in [0.5, 0.6) is 0 Å². The Morgan fingerprint density at radius 1 is 1.17 bits per heavy atom. The lowest BCUT2D eigenvalue weighted by molar-refractivity contribution is -0.217. The summed E-state index contributed by atoms with van der Waals surface area (Å²) in [7, 11) is 2.10. The summed E-state index contributed by atoms with van der Waals surface area (Å²) < 4.78 is 43.8. The Hall–Kier alpha value is -4.46. The number of anilines is 3. The minimum atomic E-state index is -4.78. The molecule has 0 aliphatic carbocycles. The molecule has 14 heteroatoms. The number of allylic oxidation sites excluding steroid dienone is 3. The topological polar surface area (TPSA) is 104 Å². The maximum absolute atomic E-state index is 13.8. The van der Waals surface area contributed by atoms with Crippen molar-refractivity contribution in [3.05, 3.63) is 65.6 Å². The van der Waals surface area contributed by atoms with Gasteiger partial charge in [-0.25, -0.2) is 19.4 Å². The number of alkyl halides is 3. The van der Waals surface area contributed by atoms with Gasteiger partial charge in [0.05, 0.1) is 6.54 Å². The van der Waals surface area contributed by atoms with Crippen molar-refractivity contribution in [2.45, 2.75) is 39.0 Å². The monoisotopic (exact) mass is 585 g/mol. The van der Waals surface area contributed by atoms with E-state index in [1.54, 1.807) is 6.92 Å². The average molecular weight is 586 g/mol. The molecule has 3 aromatic rings. The molecule has 1 aromatic carbocycles. The van der Waals surface area contributed by atoms with E-state index < -0.39 is 17.3 Å². The average Bonchev–Trinajstić information content (AvgIpc) is 3.22. The van der Waals surface area contributed by atoms with E-state index in [9.17, 15) is 22.8 Å². The van der Waals surface area contributed by atoms with E-state index in [2.05, 4.69) is 43.8 Å². The minimum absolute atomic E-state index is 0.00753. The van der Waals surface area contributed by atoms with E-state index in [-0.39, 0.29) is 40.8 Å². The highest BCUT2D eigenvalue weighted by Crippen LogP contribution is 2.34. The molecule has 1 saturated heterocycles. The van der Waals surface area contributed by atoms with Gasteiger partial charge in [0, 0.05) is 43.8 Å². The predicted octanol–water partition coefficient (Wildman–Crippen LogP) is 3.81. The van der Waals surface area contributed by atoms with Gasteiger partial charge < -0.3 is 15.1 Å². The first kappa shape index (κ1) is 30.5. The molecule has 1 aliphatic heterocycles. The van der Waals surface area contributed by atoms with E-state index in [0.29, 0.717) is 5.69 Å². The highest BCUT2D eigenvalue weighted by Gasteiger charge is 2.52. The van der Waals surface area contributed by atoms with Crippen LogP contribution in [0.1, 0.15) is 20.8 Å². The van der Waals surface area contributed by atoms with Crippen molar-refractivity contribution in [3.63, 3.8) is 0 Å². The molecular weight excluding hydrogens is 551 g/mol. The van der Waals surface area contributed by atoms with Gasteiger partial charge in [0.2, 0.25) is 12.4 Å². The van der Waals surface area contributed by atoms with Gasteiger partial charge in [-0.1, -0.05) is 12.2 Å². The summed E-state index contributed by atoms with van der Waals surface area (Å²) in [5.74, 6) is 0.0131. The number of hydrogen-bond donors (Lipinski definition) is 1. The van der Waals surface area contributed by atoms with Crippen LogP contribution in [0.15, 0.2) is 65.2 Å². The Balaban J connectivity index is 1.76. The fraction of sp³-hybridized carbons (Fsp3) is 0.393. The lowest BCUT2D eigenvalue weighted by atomic mass is 10.1. The van der Waals surface area contributed by atoms with Gasteiger partial charge >= 0.3 is 6.18 Å². The number of carbonyl (C=O) groups excluding carboxylic acids is 1. The standard InChI is InChI=1S/C28H34F3N9O2/c1-6-8-23(35-39(19-41)27(3,4)28(29,30)31)40-24-22(25(42)38(40)13-7-2)18-32-26(34-24)33-20-9-11-21(12-10-20)37-16-14-36(5)15-17-37/h6-12,18-19H,2,13-17H2,1,3-5H3,(H,32,33,34)/b8-6-,35-23+. The van der Waals surface area contributed by atoms with E-state index in [1.807, 2.05) is 24.3 Å². The maximum atomic E-state index is 13.8. The van der Waals surface area contributed by atoms with Crippen LogP contribution in [-0.2, 0) is 11.3 Å². The molecule has 1 aliphatic rings. The largest absolute Gasteiger partial charge is 0.413 e. The molecule has 42 heavy (non-hydrogen) atoms. The predicted molar refractivity (Wildman–Crippen MR) is 157 cm³/mol. The van der Waals surface area contributed by atoms with Crippen LogP contribution in [0.25, 0.3) is 11.0 Å². The Kier molecular flexibility index (Phi) is 8.85. The number of nitrogens with zero attached hydrogens (tertiary/aromatic N) is 8. The zero-order valence-electron chi connectivity index (χ0n) is 24.0. The quantitative estimate of drug-likeness (QED) is 0.134. The highest BCUT2D eigenvalue weighted by atomic mass is 19.4. The number of benzene rings is 1. The fourth-order valence-electron chi connectivity index (χ4n) is 4.37. The van der Waals surface area contributed by atoms with Gasteiger partial charge in [0.15, 0.2) is 17.0 Å². The first-order valence-corrected chi connectivity index (χ1v) is 13.3. The number of amides is 1. The molecular formula is C28H34F3N9O2. The molecule has 0 saturated carbocycles. The van der Waals surface area contributed by atoms with Crippen LogP contribution in [-0.4, -0.2) is 86.4 Å². The fourth-order valence-corrected chi connectivity index (χ4v) is 4.37. The summed E-state index contributed by atoms with van der Waals surface area (Å²) in [5.41, 5.74) is -1.26. The third-order valence-electron chi connectivity index (χ3n) is 7.08. The SMILES string of the molecule is C=CCn1c(=O)c2cnc(Nc3ccc(N4CCN(C)CC4)cc3)nc2n1C(/C=C\C)=N/N(C=O)C(C)(C)C(F)(F)F. The number of piperazine rings is 1. The number of likely N-dealkylation sites (N-methyl/N-ethyl adjacent to an activating group) is 1. The number of hydrogen-bond acceptors (Lipinski definition) is 8. The molecule has 1 N–H and O–H groups in total. The molecule has 1 fully saturated rings. The van der Waals surface area contributed by atoms with Crippen molar-refractivity contribution in [2.75, 3.05) is 43.4 Å². The molecule has 3 heterocycles. The summed E-state index contributed by atoms with van der Waals surface area (Å²) in [4.78, 5) is 38.5. The minimum Gasteiger partial charge on any atom is -0.369 e. The van der Waals surface area contributed by atoms with Crippen LogP contribution in [0.2, 0.25) is 0 Å². The second-order valence-electron chi connectivity index (χ2n) is 10.3. The second kappa shape index (κ2) is 12.2. The first-order valence-electron chi connectivity index (χ1n) is 13.3. The molecule has 0 spiro atoms. The summed E-state index contributed by atoms with van der Waals surface area (Å²) in [5, 5.41) is 7.53. The Bertz CT molecular complexity index is 1550. The van der Waals surface area contributed by atoms with Crippen LogP contribution < -0.4 is 15.8 Å². The third kappa shape index (κ3) is 6.08. The molecule has 0 radical (unpaired) electrons. The summed E-state index contributed by atoms with van der Waals surface area (Å²) in [6.45, 7) is 10.8. The number of halogens is 3. The zero-order valence-corrected chi connectivity index (χ0v) is 24.0. The van der Waals surface area contributed by atoms with Gasteiger partial charge in [-0.2, -0.15) is 18.2 Å². The van der Waals surface area contributed by atoms with Crippen LogP contribution in [0.4, 0.5) is 30.5 Å². The lowest BCUT2D eigenvalue weighted by Crippen LogP contribution is -2.52. The normalized spacial score (nSPS) is 15.4. The van der Waals surface area contributed by atoms with Crippen molar-refractivity contribution in [2.24, 2.45) is 5.10 Å². The van der Waals surface area contributed by atoms with E-state index in [0.717, 1.165) is 45.7 Å². The Labute approximate surface area is 241 Å². The third-order valence-corrected chi connectivity index (χ3v) is 7.08. The van der Waals surface area contributed by atoms with Crippen molar-refractivity contribution < 1.29 is 18.0 Å². The molecule has 1 amide bonds. The molecule has 4 rings (SSSR count). The van der Waals surface area contributed by atoms with Gasteiger partial charge in [-0.15, -0.1) is 11.7 Å². The van der Waals surface area contributed by atoms with Crippen molar-refractivity contribution in [1.29, 1.82) is 0 Å². The highest BCUT2D eigenvalue weighted by molar-refractivity contribution is 5.99. The maximum Gasteiger partial charge on any atom is 0.413 e. The van der Waals surface area contributed by atoms with Gasteiger partial charge in [0.25, 0.3) is 5.56 Å². The molecule has 2 aromatic heterocycles. The molecule has 0 unspecified atom stereocenters. The van der Waals surface area contributed by atoms with E-state index in [4.69, 9.17) is 0 Å². The molecule has 224 valence electrons. The number of hydrazone groups is 1. The molecule has 0 bridgehead atoms. The number of nitrogens with one attached hydrogen (secondary N) is 1. The first-order chi connectivity index (χ1) is 19.9. The van der Waals surface area contributed by atoms with Crippen LogP contribution in [0.3, 0.4) is 0 Å².